The molecule has 0 saturated carbocycles. The summed E-state index contributed by atoms with van der Waals surface area (Å²) in [5, 5.41) is 0. The van der Waals surface area contributed by atoms with Gasteiger partial charge in [-0.3, -0.25) is 9.36 Å². The molecule has 0 N–H and O–H groups in total. The average molecular weight is 643 g/mol. The Kier molecular flexibility index (Phi) is 8.74. The Balaban J connectivity index is 1.90. The third kappa shape index (κ3) is 5.56. The Morgan fingerprint density at radius 1 is 1.18 bits per heavy atom. The van der Waals surface area contributed by atoms with Crippen molar-refractivity contribution in [3.63, 3.8) is 0 Å². The van der Waals surface area contributed by atoms with Gasteiger partial charge in [-0.05, 0) is 79.6 Å². The quantitative estimate of drug-likeness (QED) is 0.210. The fourth-order valence-electron chi connectivity index (χ4n) is 4.20. The highest BCUT2D eigenvalue weighted by Gasteiger charge is 2.33. The SMILES string of the molecule is C#CCOc1c(I)cc(/C=c2/sc3n(c2=O)[C@H](c2ccc(C)cc2)C(C(=O)OCC)=C(C)N=3)cc1OCC. The van der Waals surface area contributed by atoms with Crippen molar-refractivity contribution in [2.24, 2.45) is 4.99 Å². The van der Waals surface area contributed by atoms with E-state index in [-0.39, 0.29) is 18.8 Å². The normalized spacial score (nSPS) is 14.9. The van der Waals surface area contributed by atoms with Crippen molar-refractivity contribution in [2.45, 2.75) is 33.7 Å². The number of halogens is 1. The maximum Gasteiger partial charge on any atom is 0.338 e. The fraction of sp³-hybridized carbons (Fsp3) is 0.276. The number of aryl methyl sites for hydroxylation is 1. The molecule has 1 aliphatic heterocycles. The standard InChI is InChI=1S/C29H27IN2O5S/c1-6-13-37-26-21(30)14-19(15-22(26)35-7-2)16-23-27(33)32-25(20-11-9-17(4)10-12-20)24(28(34)36-8-3)18(5)31-29(32)38-23/h1,9-12,14-16,25H,7-8,13H2,2-5H3/b23-16+/t25-/m1/s1. The van der Waals surface area contributed by atoms with Crippen LogP contribution in [0.5, 0.6) is 11.5 Å². The highest BCUT2D eigenvalue weighted by atomic mass is 127. The summed E-state index contributed by atoms with van der Waals surface area (Å²) >= 11 is 3.44. The maximum absolute atomic E-state index is 13.8. The highest BCUT2D eigenvalue weighted by Crippen LogP contribution is 2.35. The molecule has 0 fully saturated rings. The minimum absolute atomic E-state index is 0.120. The lowest BCUT2D eigenvalue weighted by Gasteiger charge is -2.24. The predicted octanol–water partition coefficient (Wildman–Crippen LogP) is 4.12. The maximum atomic E-state index is 13.8. The summed E-state index contributed by atoms with van der Waals surface area (Å²) in [5.41, 5.74) is 3.30. The van der Waals surface area contributed by atoms with Crippen molar-refractivity contribution in [3.05, 3.63) is 87.6 Å². The summed E-state index contributed by atoms with van der Waals surface area (Å²) in [6.07, 6.45) is 7.16. The number of thiazole rings is 1. The summed E-state index contributed by atoms with van der Waals surface area (Å²) in [4.78, 5) is 32.0. The van der Waals surface area contributed by atoms with Gasteiger partial charge in [-0.1, -0.05) is 47.1 Å². The molecule has 2 heterocycles. The Morgan fingerprint density at radius 2 is 1.92 bits per heavy atom. The Morgan fingerprint density at radius 3 is 2.58 bits per heavy atom. The molecule has 0 spiro atoms. The topological polar surface area (TPSA) is 79.1 Å². The van der Waals surface area contributed by atoms with Crippen molar-refractivity contribution in [1.29, 1.82) is 0 Å². The van der Waals surface area contributed by atoms with Crippen LogP contribution in [0.25, 0.3) is 6.08 Å². The van der Waals surface area contributed by atoms with Gasteiger partial charge in [-0.2, -0.15) is 0 Å². The minimum atomic E-state index is -0.647. The van der Waals surface area contributed by atoms with Crippen LogP contribution in [0.2, 0.25) is 0 Å². The third-order valence-corrected chi connectivity index (χ3v) is 7.62. The molecule has 0 bridgehead atoms. The molecule has 196 valence electrons. The molecule has 0 aliphatic carbocycles. The van der Waals surface area contributed by atoms with Crippen molar-refractivity contribution < 1.29 is 19.0 Å². The van der Waals surface area contributed by atoms with Crippen LogP contribution in [0.1, 0.15) is 43.5 Å². The van der Waals surface area contributed by atoms with Crippen LogP contribution in [0, 0.1) is 22.8 Å². The molecule has 9 heteroatoms. The number of benzene rings is 2. The van der Waals surface area contributed by atoms with Gasteiger partial charge >= 0.3 is 5.97 Å². The van der Waals surface area contributed by atoms with Crippen molar-refractivity contribution in [3.8, 4) is 23.8 Å². The summed E-state index contributed by atoms with van der Waals surface area (Å²) in [5.74, 6) is 3.10. The van der Waals surface area contributed by atoms with E-state index in [9.17, 15) is 9.59 Å². The first-order valence-corrected chi connectivity index (χ1v) is 14.0. The van der Waals surface area contributed by atoms with Gasteiger partial charge in [0.15, 0.2) is 16.3 Å². The summed E-state index contributed by atoms with van der Waals surface area (Å²) < 4.78 is 19.7. The lowest BCUT2D eigenvalue weighted by atomic mass is 9.95. The van der Waals surface area contributed by atoms with Crippen LogP contribution in [-0.2, 0) is 9.53 Å². The first kappa shape index (κ1) is 27.7. The zero-order chi connectivity index (χ0) is 27.4. The van der Waals surface area contributed by atoms with Crippen LogP contribution in [0.4, 0.5) is 0 Å². The number of terminal acetylenes is 1. The van der Waals surface area contributed by atoms with Crippen molar-refractivity contribution in [1.82, 2.24) is 4.57 Å². The molecule has 0 saturated heterocycles. The van der Waals surface area contributed by atoms with E-state index < -0.39 is 12.0 Å². The molecule has 1 aromatic heterocycles. The van der Waals surface area contributed by atoms with Gasteiger partial charge in [0.25, 0.3) is 5.56 Å². The van der Waals surface area contributed by atoms with Crippen LogP contribution in [0.3, 0.4) is 0 Å². The number of carbonyl (C=O) groups excluding carboxylic acids is 1. The van der Waals surface area contributed by atoms with Crippen molar-refractivity contribution in [2.75, 3.05) is 19.8 Å². The molecular weight excluding hydrogens is 615 g/mol. The molecule has 0 amide bonds. The highest BCUT2D eigenvalue weighted by molar-refractivity contribution is 14.1. The minimum Gasteiger partial charge on any atom is -0.490 e. The fourth-order valence-corrected chi connectivity index (χ4v) is 6.02. The van der Waals surface area contributed by atoms with Gasteiger partial charge in [0.1, 0.15) is 6.61 Å². The number of carbonyl (C=O) groups is 1. The van der Waals surface area contributed by atoms with Gasteiger partial charge < -0.3 is 14.2 Å². The number of aromatic nitrogens is 1. The largest absolute Gasteiger partial charge is 0.490 e. The van der Waals surface area contributed by atoms with Gasteiger partial charge in [-0.25, -0.2) is 9.79 Å². The molecule has 1 atom stereocenters. The monoisotopic (exact) mass is 642 g/mol. The van der Waals surface area contributed by atoms with E-state index in [1.54, 1.807) is 24.5 Å². The summed E-state index contributed by atoms with van der Waals surface area (Å²) in [7, 11) is 0. The van der Waals surface area contributed by atoms with Crippen LogP contribution >= 0.6 is 33.9 Å². The molecule has 1 aliphatic rings. The lowest BCUT2D eigenvalue weighted by Crippen LogP contribution is -2.39. The first-order valence-electron chi connectivity index (χ1n) is 12.1. The number of ether oxygens (including phenoxy) is 3. The smallest absolute Gasteiger partial charge is 0.338 e. The number of hydrogen-bond donors (Lipinski definition) is 0. The molecule has 3 aromatic rings. The second-order valence-corrected chi connectivity index (χ2v) is 10.6. The number of nitrogens with zero attached hydrogens (tertiary/aromatic N) is 2. The predicted molar refractivity (Wildman–Crippen MR) is 156 cm³/mol. The van der Waals surface area contributed by atoms with Crippen LogP contribution in [-0.4, -0.2) is 30.4 Å². The first-order chi connectivity index (χ1) is 18.3. The average Bonchev–Trinajstić information content (AvgIpc) is 3.17. The zero-order valence-corrected chi connectivity index (χ0v) is 24.5. The second-order valence-electron chi connectivity index (χ2n) is 8.47. The number of rotatable bonds is 8. The van der Waals surface area contributed by atoms with Gasteiger partial charge in [0, 0.05) is 0 Å². The zero-order valence-electron chi connectivity index (χ0n) is 21.5. The van der Waals surface area contributed by atoms with E-state index in [1.807, 2.05) is 50.2 Å². The van der Waals surface area contributed by atoms with Gasteiger partial charge in [0.05, 0.1) is 38.6 Å². The summed E-state index contributed by atoms with van der Waals surface area (Å²) in [6, 6.07) is 10.9. The Hall–Kier alpha value is -3.36. The van der Waals surface area contributed by atoms with E-state index in [0.29, 0.717) is 38.7 Å². The molecule has 0 radical (unpaired) electrons. The lowest BCUT2D eigenvalue weighted by molar-refractivity contribution is -0.139. The van der Waals surface area contributed by atoms with Gasteiger partial charge in [-0.15, -0.1) is 6.42 Å². The number of allylic oxidation sites excluding steroid dienone is 1. The van der Waals surface area contributed by atoms with E-state index in [4.69, 9.17) is 20.6 Å². The summed E-state index contributed by atoms with van der Waals surface area (Å²) in [6.45, 7) is 8.19. The van der Waals surface area contributed by atoms with E-state index in [2.05, 4.69) is 33.5 Å². The molecular formula is C29H27IN2O5S. The number of hydrogen-bond acceptors (Lipinski definition) is 7. The Bertz CT molecular complexity index is 1630. The molecule has 4 rings (SSSR count). The van der Waals surface area contributed by atoms with Crippen LogP contribution < -0.4 is 24.4 Å². The van der Waals surface area contributed by atoms with Crippen LogP contribution in [0.15, 0.2) is 57.5 Å². The Labute approximate surface area is 238 Å². The van der Waals surface area contributed by atoms with E-state index >= 15 is 0 Å². The number of esters is 1. The molecule has 2 aromatic carbocycles. The molecule has 0 unspecified atom stereocenters. The third-order valence-electron chi connectivity index (χ3n) is 5.84. The second kappa shape index (κ2) is 12.0. The van der Waals surface area contributed by atoms with Gasteiger partial charge in [0.2, 0.25) is 0 Å². The van der Waals surface area contributed by atoms with E-state index in [1.165, 1.54) is 11.3 Å². The molecule has 38 heavy (non-hydrogen) atoms. The van der Waals surface area contributed by atoms with Crippen molar-refractivity contribution >= 4 is 46.0 Å². The number of fused-ring (bicyclic) bond motifs is 1. The molecule has 7 nitrogen and oxygen atoms in total. The van der Waals surface area contributed by atoms with E-state index in [0.717, 1.165) is 20.3 Å².